The molecule has 2 rings (SSSR count). The highest BCUT2D eigenvalue weighted by Crippen LogP contribution is 2.24. The number of hydrogen-bond donors (Lipinski definition) is 0. The number of aromatic nitrogens is 1. The van der Waals surface area contributed by atoms with Crippen molar-refractivity contribution in [2.75, 3.05) is 6.26 Å². The van der Waals surface area contributed by atoms with E-state index in [-0.39, 0.29) is 5.02 Å². The number of rotatable bonds is 4. The first kappa shape index (κ1) is 14.3. The fourth-order valence-electron chi connectivity index (χ4n) is 1.95. The summed E-state index contributed by atoms with van der Waals surface area (Å²) < 4.78 is 42.0. The van der Waals surface area contributed by atoms with E-state index in [1.54, 1.807) is 23.8 Å². The second kappa shape index (κ2) is 5.11. The van der Waals surface area contributed by atoms with Crippen LogP contribution in [0, 0.1) is 5.82 Å². The Bertz CT molecular complexity index is 711. The van der Waals surface area contributed by atoms with Crippen molar-refractivity contribution in [2.24, 2.45) is 0 Å². The van der Waals surface area contributed by atoms with Crippen LogP contribution in [-0.4, -0.2) is 25.3 Å². The average molecular weight is 306 g/mol. The zero-order chi connectivity index (χ0) is 14.2. The summed E-state index contributed by atoms with van der Waals surface area (Å²) in [4.78, 5) is 0. The van der Waals surface area contributed by atoms with Crippen LogP contribution in [0.2, 0.25) is 5.02 Å². The van der Waals surface area contributed by atoms with Gasteiger partial charge in [-0.3, -0.25) is 4.18 Å². The molecule has 4 nitrogen and oxygen atoms in total. The van der Waals surface area contributed by atoms with Crippen molar-refractivity contribution in [3.05, 3.63) is 35.2 Å². The molecule has 0 saturated carbocycles. The van der Waals surface area contributed by atoms with Crippen molar-refractivity contribution in [3.63, 3.8) is 0 Å². The van der Waals surface area contributed by atoms with E-state index in [4.69, 9.17) is 15.8 Å². The van der Waals surface area contributed by atoms with E-state index in [0.29, 0.717) is 11.9 Å². The van der Waals surface area contributed by atoms with Crippen LogP contribution >= 0.6 is 11.6 Å². The summed E-state index contributed by atoms with van der Waals surface area (Å²) in [5, 5.41) is 0.734. The molecule has 0 aliphatic heterocycles. The largest absolute Gasteiger partial charge is 0.345 e. The van der Waals surface area contributed by atoms with Crippen LogP contribution in [0.15, 0.2) is 24.4 Å². The molecule has 1 aromatic heterocycles. The number of benzene rings is 1. The highest BCUT2D eigenvalue weighted by Gasteiger charge is 2.13. The third-order valence-corrected chi connectivity index (χ3v) is 3.57. The Labute approximate surface area is 115 Å². The summed E-state index contributed by atoms with van der Waals surface area (Å²) in [7, 11) is -3.49. The van der Waals surface area contributed by atoms with Crippen molar-refractivity contribution < 1.29 is 17.0 Å². The number of hydrogen-bond acceptors (Lipinski definition) is 3. The fraction of sp³-hybridized carbons (Fsp3) is 0.333. The smallest absolute Gasteiger partial charge is 0.264 e. The summed E-state index contributed by atoms with van der Waals surface area (Å²) in [6, 6.07) is 4.59. The van der Waals surface area contributed by atoms with E-state index in [9.17, 15) is 12.8 Å². The van der Waals surface area contributed by atoms with Crippen LogP contribution in [-0.2, 0) is 20.8 Å². The van der Waals surface area contributed by atoms with E-state index >= 15 is 0 Å². The van der Waals surface area contributed by atoms with Gasteiger partial charge in [-0.1, -0.05) is 11.6 Å². The van der Waals surface area contributed by atoms with Crippen LogP contribution in [0.3, 0.4) is 0 Å². The Morgan fingerprint density at radius 2 is 2.16 bits per heavy atom. The lowest BCUT2D eigenvalue weighted by molar-refractivity contribution is 0.211. The Morgan fingerprint density at radius 3 is 2.79 bits per heavy atom. The molecule has 7 heteroatoms. The second-order valence-electron chi connectivity index (χ2n) is 4.40. The number of halogens is 2. The van der Waals surface area contributed by atoms with Crippen molar-refractivity contribution in [1.29, 1.82) is 0 Å². The SMILES string of the molecule is C[C@H](Cn1ccc2cc(F)c(Cl)cc21)OS(C)(=O)=O. The van der Waals surface area contributed by atoms with Crippen LogP contribution in [0.25, 0.3) is 10.9 Å². The molecule has 104 valence electrons. The van der Waals surface area contributed by atoms with E-state index < -0.39 is 22.0 Å². The van der Waals surface area contributed by atoms with Gasteiger partial charge in [0.05, 0.1) is 23.9 Å². The highest BCUT2D eigenvalue weighted by molar-refractivity contribution is 7.86. The van der Waals surface area contributed by atoms with Crippen molar-refractivity contribution in [2.45, 2.75) is 19.6 Å². The van der Waals surface area contributed by atoms with Crippen molar-refractivity contribution in [3.8, 4) is 0 Å². The first-order valence-corrected chi connectivity index (χ1v) is 7.78. The van der Waals surface area contributed by atoms with Gasteiger partial charge in [0.2, 0.25) is 0 Å². The van der Waals surface area contributed by atoms with E-state index in [1.807, 2.05) is 0 Å². The van der Waals surface area contributed by atoms with Gasteiger partial charge >= 0.3 is 0 Å². The lowest BCUT2D eigenvalue weighted by Crippen LogP contribution is -2.19. The Morgan fingerprint density at radius 1 is 1.47 bits per heavy atom. The normalized spacial score (nSPS) is 13.9. The van der Waals surface area contributed by atoms with Gasteiger partial charge in [0, 0.05) is 17.1 Å². The molecule has 0 unspecified atom stereocenters. The van der Waals surface area contributed by atoms with Gasteiger partial charge in [0.25, 0.3) is 10.1 Å². The highest BCUT2D eigenvalue weighted by atomic mass is 35.5. The van der Waals surface area contributed by atoms with Gasteiger partial charge in [0.1, 0.15) is 5.82 Å². The Balaban J connectivity index is 2.29. The van der Waals surface area contributed by atoms with Crippen LogP contribution in [0.5, 0.6) is 0 Å². The molecule has 1 atom stereocenters. The molecule has 0 N–H and O–H groups in total. The van der Waals surface area contributed by atoms with Gasteiger partial charge in [-0.05, 0) is 25.1 Å². The molecule has 0 fully saturated rings. The average Bonchev–Trinajstić information content (AvgIpc) is 2.59. The summed E-state index contributed by atoms with van der Waals surface area (Å²) in [5.74, 6) is -0.479. The van der Waals surface area contributed by atoms with E-state index in [2.05, 4.69) is 0 Å². The third-order valence-electron chi connectivity index (χ3n) is 2.61. The summed E-state index contributed by atoms with van der Waals surface area (Å²) >= 11 is 5.74. The van der Waals surface area contributed by atoms with Gasteiger partial charge in [-0.2, -0.15) is 8.42 Å². The maximum Gasteiger partial charge on any atom is 0.264 e. The molecule has 2 aromatic rings. The number of fused-ring (bicyclic) bond motifs is 1. The van der Waals surface area contributed by atoms with Crippen LogP contribution in [0.4, 0.5) is 4.39 Å². The lowest BCUT2D eigenvalue weighted by atomic mass is 10.2. The van der Waals surface area contributed by atoms with Gasteiger partial charge in [-0.25, -0.2) is 4.39 Å². The van der Waals surface area contributed by atoms with Gasteiger partial charge < -0.3 is 4.57 Å². The van der Waals surface area contributed by atoms with E-state index in [0.717, 1.165) is 11.8 Å². The fourth-order valence-corrected chi connectivity index (χ4v) is 2.77. The first-order chi connectivity index (χ1) is 8.76. The van der Waals surface area contributed by atoms with Crippen LogP contribution in [0.1, 0.15) is 6.92 Å². The second-order valence-corrected chi connectivity index (χ2v) is 6.41. The first-order valence-electron chi connectivity index (χ1n) is 5.58. The topological polar surface area (TPSA) is 48.3 Å². The third kappa shape index (κ3) is 3.46. The molecule has 0 aliphatic carbocycles. The minimum Gasteiger partial charge on any atom is -0.345 e. The summed E-state index contributed by atoms with van der Waals surface area (Å²) in [5.41, 5.74) is 0.732. The zero-order valence-corrected chi connectivity index (χ0v) is 12.0. The quantitative estimate of drug-likeness (QED) is 0.816. The molecule has 0 radical (unpaired) electrons. The van der Waals surface area contributed by atoms with E-state index in [1.165, 1.54) is 12.1 Å². The zero-order valence-electron chi connectivity index (χ0n) is 10.4. The summed E-state index contributed by atoms with van der Waals surface area (Å²) in [6.45, 7) is 1.98. The predicted molar refractivity (Wildman–Crippen MR) is 72.3 cm³/mol. The van der Waals surface area contributed by atoms with Gasteiger partial charge in [0.15, 0.2) is 0 Å². The molecule has 0 bridgehead atoms. The minimum atomic E-state index is -3.49. The molecule has 19 heavy (non-hydrogen) atoms. The maximum atomic E-state index is 13.3. The Kier molecular flexibility index (Phi) is 3.85. The predicted octanol–water partition coefficient (Wildman–Crippen LogP) is 2.80. The Hall–Kier alpha value is -1.11. The molecule has 0 spiro atoms. The molecular formula is C12H13ClFNO3S. The molecule has 1 heterocycles. The maximum absolute atomic E-state index is 13.3. The van der Waals surface area contributed by atoms with Crippen molar-refractivity contribution >= 4 is 32.6 Å². The molecule has 1 aromatic carbocycles. The lowest BCUT2D eigenvalue weighted by Gasteiger charge is -2.13. The molecule has 0 saturated heterocycles. The van der Waals surface area contributed by atoms with Gasteiger partial charge in [-0.15, -0.1) is 0 Å². The number of nitrogens with zero attached hydrogens (tertiary/aromatic N) is 1. The summed E-state index contributed by atoms with van der Waals surface area (Å²) in [6.07, 6.45) is 2.22. The molecule has 0 aliphatic rings. The molecular weight excluding hydrogens is 293 g/mol. The minimum absolute atomic E-state index is 0.0316. The standard InChI is InChI=1S/C12H13ClFNO3S/c1-8(18-19(2,16)17)7-15-4-3-9-5-11(14)10(13)6-12(9)15/h3-6,8H,7H2,1-2H3/t8-/m1/s1. The van der Waals surface area contributed by atoms with Crippen molar-refractivity contribution in [1.82, 2.24) is 4.57 Å². The van der Waals surface area contributed by atoms with Crippen LogP contribution < -0.4 is 0 Å². The molecule has 0 amide bonds. The monoisotopic (exact) mass is 305 g/mol.